The monoisotopic (exact) mass is 314 g/mol. The molecule has 1 N–H and O–H groups in total. The molecule has 0 bridgehead atoms. The summed E-state index contributed by atoms with van der Waals surface area (Å²) in [4.78, 5) is 11.6. The predicted octanol–water partition coefficient (Wildman–Crippen LogP) is 3.89. The summed E-state index contributed by atoms with van der Waals surface area (Å²) in [6.45, 7) is 2.66. The van der Waals surface area contributed by atoms with E-state index in [0.717, 1.165) is 17.5 Å². The van der Waals surface area contributed by atoms with Gasteiger partial charge in [0.15, 0.2) is 11.5 Å². The lowest BCUT2D eigenvalue weighted by Gasteiger charge is -2.15. The standard InChI is InChI=1S/C19H22O4/c1-3-11-23-17-10-9-14(13-18(17)22-2)12-16(19(20)21)15-7-5-4-6-8-15/h4-10,13,16H,3,11-12H2,1-2H3,(H,20,21). The number of hydrogen-bond acceptors (Lipinski definition) is 3. The molecule has 0 aliphatic rings. The molecule has 122 valence electrons. The van der Waals surface area contributed by atoms with Crippen molar-refractivity contribution in [3.8, 4) is 11.5 Å². The van der Waals surface area contributed by atoms with Crippen LogP contribution in [-0.2, 0) is 11.2 Å². The zero-order chi connectivity index (χ0) is 16.7. The van der Waals surface area contributed by atoms with Gasteiger partial charge < -0.3 is 14.6 Å². The van der Waals surface area contributed by atoms with Gasteiger partial charge in [0.2, 0.25) is 0 Å². The van der Waals surface area contributed by atoms with E-state index < -0.39 is 11.9 Å². The van der Waals surface area contributed by atoms with Gasteiger partial charge >= 0.3 is 5.97 Å². The summed E-state index contributed by atoms with van der Waals surface area (Å²) in [5.74, 6) is -0.0948. The second-order valence-electron chi connectivity index (χ2n) is 5.34. The number of carboxylic acid groups (broad SMARTS) is 1. The number of rotatable bonds is 8. The highest BCUT2D eigenvalue weighted by molar-refractivity contribution is 5.76. The molecule has 4 nitrogen and oxygen atoms in total. The van der Waals surface area contributed by atoms with E-state index in [9.17, 15) is 9.90 Å². The van der Waals surface area contributed by atoms with Crippen molar-refractivity contribution >= 4 is 5.97 Å². The highest BCUT2D eigenvalue weighted by atomic mass is 16.5. The molecule has 1 unspecified atom stereocenters. The lowest BCUT2D eigenvalue weighted by atomic mass is 9.92. The number of carboxylic acids is 1. The molecule has 2 aromatic rings. The summed E-state index contributed by atoms with van der Waals surface area (Å²) >= 11 is 0. The van der Waals surface area contributed by atoms with Crippen LogP contribution in [0.25, 0.3) is 0 Å². The molecular formula is C19H22O4. The van der Waals surface area contributed by atoms with Crippen molar-refractivity contribution in [3.63, 3.8) is 0 Å². The SMILES string of the molecule is CCCOc1ccc(CC(C(=O)O)c2ccccc2)cc1OC. The molecule has 4 heteroatoms. The minimum absolute atomic E-state index is 0.407. The van der Waals surface area contributed by atoms with E-state index >= 15 is 0 Å². The van der Waals surface area contributed by atoms with Crippen molar-refractivity contribution in [2.45, 2.75) is 25.7 Å². The van der Waals surface area contributed by atoms with E-state index in [1.807, 2.05) is 55.5 Å². The topological polar surface area (TPSA) is 55.8 Å². The lowest BCUT2D eigenvalue weighted by Crippen LogP contribution is -2.14. The van der Waals surface area contributed by atoms with Crippen LogP contribution < -0.4 is 9.47 Å². The third kappa shape index (κ3) is 4.49. The molecule has 0 saturated heterocycles. The van der Waals surface area contributed by atoms with Crippen molar-refractivity contribution in [1.29, 1.82) is 0 Å². The van der Waals surface area contributed by atoms with Gasteiger partial charge in [0.05, 0.1) is 19.6 Å². The predicted molar refractivity (Wildman–Crippen MR) is 89.3 cm³/mol. The quantitative estimate of drug-likeness (QED) is 0.803. The number of ether oxygens (including phenoxy) is 2. The van der Waals surface area contributed by atoms with Gasteiger partial charge in [-0.1, -0.05) is 43.3 Å². The summed E-state index contributed by atoms with van der Waals surface area (Å²) in [5, 5.41) is 9.53. The Morgan fingerprint density at radius 3 is 2.48 bits per heavy atom. The average Bonchev–Trinajstić information content (AvgIpc) is 2.58. The van der Waals surface area contributed by atoms with E-state index in [2.05, 4.69) is 0 Å². The van der Waals surface area contributed by atoms with E-state index in [4.69, 9.17) is 9.47 Å². The van der Waals surface area contributed by atoms with Crippen molar-refractivity contribution < 1.29 is 19.4 Å². The Kier molecular flexibility index (Phi) is 6.03. The van der Waals surface area contributed by atoms with Crippen LogP contribution in [0.1, 0.15) is 30.4 Å². The summed E-state index contributed by atoms with van der Waals surface area (Å²) < 4.78 is 11.0. The van der Waals surface area contributed by atoms with Crippen LogP contribution in [0.5, 0.6) is 11.5 Å². The Hall–Kier alpha value is -2.49. The van der Waals surface area contributed by atoms with Crippen LogP contribution in [-0.4, -0.2) is 24.8 Å². The van der Waals surface area contributed by atoms with Crippen LogP contribution in [0, 0.1) is 0 Å². The number of carbonyl (C=O) groups is 1. The zero-order valence-corrected chi connectivity index (χ0v) is 13.5. The molecule has 1 atom stereocenters. The molecular weight excluding hydrogens is 292 g/mol. The van der Waals surface area contributed by atoms with E-state index in [-0.39, 0.29) is 0 Å². The number of aliphatic carboxylic acids is 1. The molecule has 0 spiro atoms. The molecule has 2 rings (SSSR count). The second kappa shape index (κ2) is 8.22. The number of benzene rings is 2. The molecule has 0 fully saturated rings. The molecule has 2 aromatic carbocycles. The smallest absolute Gasteiger partial charge is 0.311 e. The van der Waals surface area contributed by atoms with Crippen LogP contribution >= 0.6 is 0 Å². The Balaban J connectivity index is 2.22. The highest BCUT2D eigenvalue weighted by Gasteiger charge is 2.20. The van der Waals surface area contributed by atoms with Gasteiger partial charge in [-0.05, 0) is 36.1 Å². The first-order valence-electron chi connectivity index (χ1n) is 7.73. The van der Waals surface area contributed by atoms with Gasteiger partial charge in [-0.3, -0.25) is 4.79 Å². The van der Waals surface area contributed by atoms with Crippen LogP contribution in [0.2, 0.25) is 0 Å². The molecule has 0 aliphatic carbocycles. The Bertz CT molecular complexity index is 637. The van der Waals surface area contributed by atoms with Gasteiger partial charge in [-0.15, -0.1) is 0 Å². The fourth-order valence-corrected chi connectivity index (χ4v) is 2.44. The average molecular weight is 314 g/mol. The van der Waals surface area contributed by atoms with Gasteiger partial charge in [0, 0.05) is 0 Å². The Morgan fingerprint density at radius 2 is 1.87 bits per heavy atom. The largest absolute Gasteiger partial charge is 0.493 e. The summed E-state index contributed by atoms with van der Waals surface area (Å²) in [6, 6.07) is 14.9. The van der Waals surface area contributed by atoms with E-state index in [1.54, 1.807) is 7.11 Å². The van der Waals surface area contributed by atoms with E-state index in [0.29, 0.717) is 24.5 Å². The van der Waals surface area contributed by atoms with E-state index in [1.165, 1.54) is 0 Å². The second-order valence-corrected chi connectivity index (χ2v) is 5.34. The summed E-state index contributed by atoms with van der Waals surface area (Å²) in [7, 11) is 1.59. The maximum Gasteiger partial charge on any atom is 0.311 e. The first-order valence-corrected chi connectivity index (χ1v) is 7.73. The van der Waals surface area contributed by atoms with Crippen LogP contribution in [0.4, 0.5) is 0 Å². The normalized spacial score (nSPS) is 11.7. The van der Waals surface area contributed by atoms with Gasteiger partial charge in [-0.2, -0.15) is 0 Å². The molecule has 0 heterocycles. The first-order chi connectivity index (χ1) is 11.2. The molecule has 0 saturated carbocycles. The van der Waals surface area contributed by atoms with Gasteiger partial charge in [0.25, 0.3) is 0 Å². The zero-order valence-electron chi connectivity index (χ0n) is 13.5. The third-order valence-corrected chi connectivity index (χ3v) is 3.63. The molecule has 0 radical (unpaired) electrons. The Labute approximate surface area is 136 Å². The number of methoxy groups -OCH3 is 1. The summed E-state index contributed by atoms with van der Waals surface area (Å²) in [6.07, 6.45) is 1.32. The highest BCUT2D eigenvalue weighted by Crippen LogP contribution is 2.30. The fourth-order valence-electron chi connectivity index (χ4n) is 2.44. The molecule has 0 aromatic heterocycles. The summed E-state index contributed by atoms with van der Waals surface area (Å²) in [5.41, 5.74) is 1.70. The van der Waals surface area contributed by atoms with Crippen molar-refractivity contribution in [2.24, 2.45) is 0 Å². The van der Waals surface area contributed by atoms with Crippen molar-refractivity contribution in [3.05, 3.63) is 59.7 Å². The van der Waals surface area contributed by atoms with Crippen molar-refractivity contribution in [2.75, 3.05) is 13.7 Å². The lowest BCUT2D eigenvalue weighted by molar-refractivity contribution is -0.138. The van der Waals surface area contributed by atoms with Crippen LogP contribution in [0.15, 0.2) is 48.5 Å². The van der Waals surface area contributed by atoms with Gasteiger partial charge in [0.1, 0.15) is 0 Å². The van der Waals surface area contributed by atoms with Crippen molar-refractivity contribution in [1.82, 2.24) is 0 Å². The first kappa shape index (κ1) is 16.9. The molecule has 23 heavy (non-hydrogen) atoms. The minimum Gasteiger partial charge on any atom is -0.493 e. The fraction of sp³-hybridized carbons (Fsp3) is 0.316. The molecule has 0 aliphatic heterocycles. The van der Waals surface area contributed by atoms with Gasteiger partial charge in [-0.25, -0.2) is 0 Å². The Morgan fingerprint density at radius 1 is 1.13 bits per heavy atom. The van der Waals surface area contributed by atoms with Crippen LogP contribution in [0.3, 0.4) is 0 Å². The minimum atomic E-state index is -0.832. The maximum atomic E-state index is 11.6. The maximum absolute atomic E-state index is 11.6. The third-order valence-electron chi connectivity index (χ3n) is 3.63. The molecule has 0 amide bonds. The number of hydrogen-bond donors (Lipinski definition) is 1.